The van der Waals surface area contributed by atoms with E-state index in [9.17, 15) is 28.1 Å². The molecule has 12 heteroatoms. The number of sulfonamides is 1. The van der Waals surface area contributed by atoms with Crippen LogP contribution in [0.5, 0.6) is 0 Å². The lowest BCUT2D eigenvalue weighted by molar-refractivity contribution is 0.0730. The van der Waals surface area contributed by atoms with Crippen LogP contribution < -0.4 is 14.8 Å². The van der Waals surface area contributed by atoms with Gasteiger partial charge in [-0.1, -0.05) is 0 Å². The molecule has 1 saturated heterocycles. The zero-order valence-corrected chi connectivity index (χ0v) is 21.8. The summed E-state index contributed by atoms with van der Waals surface area (Å²) in [6.07, 6.45) is 1.49. The fourth-order valence-corrected chi connectivity index (χ4v) is 6.48. The third kappa shape index (κ3) is 5.19. The van der Waals surface area contributed by atoms with Crippen LogP contribution in [-0.4, -0.2) is 43.6 Å². The van der Waals surface area contributed by atoms with E-state index in [1.165, 1.54) is 51.3 Å². The fourth-order valence-electron chi connectivity index (χ4n) is 4.04. The summed E-state index contributed by atoms with van der Waals surface area (Å²) in [4.78, 5) is 13.4. The number of halogens is 1. The fraction of sp³-hybridized carbons (Fsp3) is 0.148. The maximum absolute atomic E-state index is 13.4. The van der Waals surface area contributed by atoms with Crippen molar-refractivity contribution in [3.63, 3.8) is 0 Å². The van der Waals surface area contributed by atoms with Gasteiger partial charge in [-0.25, -0.2) is 12.8 Å². The second kappa shape index (κ2) is 10.8. The summed E-state index contributed by atoms with van der Waals surface area (Å²) in [5, 5.41) is 18.8. The third-order valence-corrected chi connectivity index (χ3v) is 9.00. The summed E-state index contributed by atoms with van der Waals surface area (Å²) in [6.45, 7) is 1.32. The number of hydrogen-bond donors (Lipinski definition) is 0. The molecule has 4 aromatic rings. The number of nitrogens with zero attached hydrogens (tertiary/aromatic N) is 4. The molecule has 39 heavy (non-hydrogen) atoms. The molecule has 1 aliphatic heterocycles. The maximum Gasteiger partial charge on any atom is 0.273 e. The summed E-state index contributed by atoms with van der Waals surface area (Å²) in [5.74, 6) is 0.296. The highest BCUT2D eigenvalue weighted by atomic mass is 32.2. The first-order valence-corrected chi connectivity index (χ1v) is 13.9. The van der Waals surface area contributed by atoms with Gasteiger partial charge >= 0.3 is 0 Å². The lowest BCUT2D eigenvalue weighted by Crippen LogP contribution is -2.40. The van der Waals surface area contributed by atoms with Crippen molar-refractivity contribution in [3.05, 3.63) is 91.8 Å². The van der Waals surface area contributed by atoms with E-state index in [1.54, 1.807) is 36.4 Å². The van der Waals surface area contributed by atoms with Crippen LogP contribution in [0.4, 0.5) is 4.39 Å². The molecule has 0 atom stereocenters. The van der Waals surface area contributed by atoms with Crippen molar-refractivity contribution in [2.75, 3.05) is 26.3 Å². The highest BCUT2D eigenvalue weighted by molar-refractivity contribution is 7.89. The molecule has 1 fully saturated rings. The normalized spacial score (nSPS) is 14.6. The van der Waals surface area contributed by atoms with Gasteiger partial charge in [0.15, 0.2) is 5.57 Å². The summed E-state index contributed by atoms with van der Waals surface area (Å²) in [6, 6.07) is 18.4. The third-order valence-electron chi connectivity index (χ3n) is 5.99. The van der Waals surface area contributed by atoms with E-state index in [-0.39, 0.29) is 19.7 Å². The zero-order chi connectivity index (χ0) is 27.6. The average molecular weight is 563 g/mol. The van der Waals surface area contributed by atoms with Crippen molar-refractivity contribution in [1.82, 2.24) is 8.87 Å². The van der Waals surface area contributed by atoms with Gasteiger partial charge in [-0.3, -0.25) is 9.36 Å². The van der Waals surface area contributed by atoms with Crippen LogP contribution in [0.25, 0.3) is 28.7 Å². The number of rotatable bonds is 5. The molecule has 196 valence electrons. The second-order valence-corrected chi connectivity index (χ2v) is 11.3. The largest absolute Gasteiger partial charge is 0.457 e. The lowest BCUT2D eigenvalue weighted by atomic mass is 10.2. The smallest absolute Gasteiger partial charge is 0.273 e. The minimum Gasteiger partial charge on any atom is -0.457 e. The van der Waals surface area contributed by atoms with Crippen LogP contribution in [0.1, 0.15) is 5.76 Å². The number of nitriles is 2. The van der Waals surface area contributed by atoms with Crippen LogP contribution in [0.15, 0.2) is 74.8 Å². The highest BCUT2D eigenvalue weighted by Gasteiger charge is 2.26. The molecule has 5 rings (SSSR count). The molecule has 0 N–H and O–H groups in total. The van der Waals surface area contributed by atoms with E-state index >= 15 is 0 Å². The zero-order valence-electron chi connectivity index (χ0n) is 20.2. The molecule has 0 aliphatic carbocycles. The van der Waals surface area contributed by atoms with Gasteiger partial charge in [0.2, 0.25) is 10.0 Å². The molecule has 0 saturated carbocycles. The number of morpholine rings is 1. The molecule has 0 spiro atoms. The molecule has 2 aromatic carbocycles. The number of ether oxygens (including phenoxy) is 1. The second-order valence-electron chi connectivity index (χ2n) is 8.37. The Kier molecular flexibility index (Phi) is 7.28. The van der Waals surface area contributed by atoms with Crippen molar-refractivity contribution >= 4 is 33.0 Å². The summed E-state index contributed by atoms with van der Waals surface area (Å²) in [7, 11) is -3.63. The SMILES string of the molecule is N#CC(C#N)=c1sc(=Cc2ccc(-c3ccc(S(=O)(=O)N4CCOCC4)cc3)o2)c(=O)n1-c1ccc(F)cc1. The minimum atomic E-state index is -3.63. The Morgan fingerprint density at radius 3 is 2.28 bits per heavy atom. The van der Waals surface area contributed by atoms with Crippen molar-refractivity contribution in [2.24, 2.45) is 0 Å². The number of hydrogen-bond acceptors (Lipinski definition) is 8. The quantitative estimate of drug-likeness (QED) is 0.365. The molecule has 3 heterocycles. The van der Waals surface area contributed by atoms with Gasteiger partial charge in [0, 0.05) is 24.7 Å². The van der Waals surface area contributed by atoms with Crippen LogP contribution >= 0.6 is 11.3 Å². The Bertz CT molecular complexity index is 1890. The van der Waals surface area contributed by atoms with Crippen LogP contribution in [0.2, 0.25) is 0 Å². The van der Waals surface area contributed by atoms with Crippen molar-refractivity contribution in [3.8, 4) is 29.1 Å². The first-order chi connectivity index (χ1) is 18.8. The molecule has 0 unspecified atom stereocenters. The molecule has 0 radical (unpaired) electrons. The molecule has 0 bridgehead atoms. The minimum absolute atomic E-state index is 0.117. The standard InChI is InChI=1S/C27H19FN4O5S2/c28-20-3-5-21(6-4-20)32-26(33)25(38-27(32)19(16-29)17-30)15-22-7-10-24(37-22)18-1-8-23(9-2-18)39(34,35)31-11-13-36-14-12-31/h1-10,15H,11-14H2. The van der Waals surface area contributed by atoms with Gasteiger partial charge in [-0.15, -0.1) is 11.3 Å². The maximum atomic E-state index is 13.4. The van der Waals surface area contributed by atoms with Gasteiger partial charge in [0.25, 0.3) is 5.56 Å². The van der Waals surface area contributed by atoms with E-state index in [0.29, 0.717) is 49.1 Å². The number of aromatic nitrogens is 1. The molecule has 9 nitrogen and oxygen atoms in total. The Morgan fingerprint density at radius 1 is 0.974 bits per heavy atom. The predicted octanol–water partition coefficient (Wildman–Crippen LogP) is 2.35. The van der Waals surface area contributed by atoms with Gasteiger partial charge in [-0.2, -0.15) is 14.8 Å². The highest BCUT2D eigenvalue weighted by Crippen LogP contribution is 2.25. The van der Waals surface area contributed by atoms with E-state index in [4.69, 9.17) is 9.15 Å². The van der Waals surface area contributed by atoms with Crippen LogP contribution in [0.3, 0.4) is 0 Å². The molecule has 1 aliphatic rings. The Labute approximate surface area is 226 Å². The van der Waals surface area contributed by atoms with Gasteiger partial charge < -0.3 is 9.15 Å². The summed E-state index contributed by atoms with van der Waals surface area (Å²) >= 11 is 0.939. The average Bonchev–Trinajstić information content (AvgIpc) is 3.55. The van der Waals surface area contributed by atoms with E-state index in [1.807, 2.05) is 0 Å². The molecular formula is C27H19FN4O5S2. The lowest BCUT2D eigenvalue weighted by Gasteiger charge is -2.26. The van der Waals surface area contributed by atoms with Gasteiger partial charge in [0.05, 0.1) is 28.3 Å². The van der Waals surface area contributed by atoms with Crippen LogP contribution in [-0.2, 0) is 14.8 Å². The molecule has 0 amide bonds. The van der Waals surface area contributed by atoms with Crippen molar-refractivity contribution < 1.29 is 22.0 Å². The topological polar surface area (TPSA) is 129 Å². The first kappa shape index (κ1) is 26.3. The first-order valence-electron chi connectivity index (χ1n) is 11.6. The summed E-state index contributed by atoms with van der Waals surface area (Å²) < 4.78 is 53.2. The number of thiazole rings is 1. The Balaban J connectivity index is 1.50. The molecule has 2 aromatic heterocycles. The van der Waals surface area contributed by atoms with E-state index in [0.717, 1.165) is 11.3 Å². The summed E-state index contributed by atoms with van der Waals surface area (Å²) in [5.41, 5.74) is 0.187. The number of benzene rings is 2. The molecular weight excluding hydrogens is 543 g/mol. The van der Waals surface area contributed by atoms with E-state index in [2.05, 4.69) is 0 Å². The predicted molar refractivity (Wildman–Crippen MR) is 141 cm³/mol. The van der Waals surface area contributed by atoms with Crippen LogP contribution in [0, 0.1) is 28.5 Å². The van der Waals surface area contributed by atoms with Gasteiger partial charge in [-0.05, 0) is 60.7 Å². The Morgan fingerprint density at radius 2 is 1.64 bits per heavy atom. The van der Waals surface area contributed by atoms with Crippen molar-refractivity contribution in [2.45, 2.75) is 4.90 Å². The van der Waals surface area contributed by atoms with E-state index < -0.39 is 21.4 Å². The Hall–Kier alpha value is -4.33. The van der Waals surface area contributed by atoms with Crippen molar-refractivity contribution in [1.29, 1.82) is 10.5 Å². The monoisotopic (exact) mass is 562 g/mol. The van der Waals surface area contributed by atoms with Gasteiger partial charge in [0.1, 0.15) is 34.1 Å². The number of furan rings is 1.